The molecule has 0 amide bonds. The summed E-state index contributed by atoms with van der Waals surface area (Å²) in [6, 6.07) is 0. The van der Waals surface area contributed by atoms with Crippen LogP contribution in [0.15, 0.2) is 47.0 Å². The highest BCUT2D eigenvalue weighted by atomic mass is 16.7. The molecular formula is C15H15N3O3. The minimum absolute atomic E-state index is 0.0401. The SMILES string of the molecule is CC1=CC(=O)C(C(C)C)=C/C1=N\OC(=O)c1cnccn1. The standard InChI is InChI=1S/C15H15N3O3/c1-9(2)11-7-12(10(3)6-14(11)19)18-21-15(20)13-8-16-4-5-17-13/h4-9H,1-3H3/b18-12+. The van der Waals surface area contributed by atoms with Crippen molar-refractivity contribution in [2.24, 2.45) is 11.1 Å². The van der Waals surface area contributed by atoms with Crippen molar-refractivity contribution in [2.75, 3.05) is 0 Å². The topological polar surface area (TPSA) is 81.5 Å². The number of hydrogen-bond acceptors (Lipinski definition) is 6. The number of nitrogens with zero attached hydrogens (tertiary/aromatic N) is 3. The molecule has 108 valence electrons. The molecule has 1 aliphatic rings. The number of carbonyl (C=O) groups excluding carboxylic acids is 2. The Hall–Kier alpha value is -2.63. The Morgan fingerprint density at radius 2 is 2.05 bits per heavy atom. The number of oxime groups is 1. The number of aromatic nitrogens is 2. The lowest BCUT2D eigenvalue weighted by atomic mass is 9.90. The molecule has 21 heavy (non-hydrogen) atoms. The van der Waals surface area contributed by atoms with Crippen LogP contribution in [0.25, 0.3) is 0 Å². The number of ketones is 1. The molecular weight excluding hydrogens is 270 g/mol. The van der Waals surface area contributed by atoms with Gasteiger partial charge in [-0.25, -0.2) is 9.78 Å². The molecule has 0 radical (unpaired) electrons. The Morgan fingerprint density at radius 1 is 1.29 bits per heavy atom. The molecule has 1 aliphatic carbocycles. The van der Waals surface area contributed by atoms with E-state index in [9.17, 15) is 9.59 Å². The Bertz CT molecular complexity index is 658. The maximum Gasteiger partial charge on any atom is 0.385 e. The molecule has 0 bridgehead atoms. The van der Waals surface area contributed by atoms with Gasteiger partial charge in [-0.1, -0.05) is 19.0 Å². The van der Waals surface area contributed by atoms with Gasteiger partial charge in [-0.3, -0.25) is 9.78 Å². The summed E-state index contributed by atoms with van der Waals surface area (Å²) < 4.78 is 0. The van der Waals surface area contributed by atoms with Gasteiger partial charge in [-0.15, -0.1) is 0 Å². The van der Waals surface area contributed by atoms with Crippen LogP contribution in [0.2, 0.25) is 0 Å². The maximum atomic E-state index is 11.8. The van der Waals surface area contributed by atoms with Gasteiger partial charge in [0.2, 0.25) is 0 Å². The van der Waals surface area contributed by atoms with Crippen molar-refractivity contribution in [1.82, 2.24) is 9.97 Å². The second kappa shape index (κ2) is 6.21. The summed E-state index contributed by atoms with van der Waals surface area (Å²) in [5, 5.41) is 3.81. The number of allylic oxidation sites excluding steroid dienone is 4. The highest BCUT2D eigenvalue weighted by Gasteiger charge is 2.19. The summed E-state index contributed by atoms with van der Waals surface area (Å²) in [7, 11) is 0. The largest absolute Gasteiger partial charge is 0.385 e. The molecule has 0 fully saturated rings. The van der Waals surface area contributed by atoms with E-state index < -0.39 is 5.97 Å². The van der Waals surface area contributed by atoms with Crippen LogP contribution in [0.3, 0.4) is 0 Å². The van der Waals surface area contributed by atoms with E-state index in [0.717, 1.165) is 0 Å². The zero-order chi connectivity index (χ0) is 15.4. The van der Waals surface area contributed by atoms with Crippen molar-refractivity contribution in [3.8, 4) is 0 Å². The maximum absolute atomic E-state index is 11.8. The fourth-order valence-corrected chi connectivity index (χ4v) is 1.78. The summed E-state index contributed by atoms with van der Waals surface area (Å²) in [6.45, 7) is 5.57. The lowest BCUT2D eigenvalue weighted by Crippen LogP contribution is -2.16. The van der Waals surface area contributed by atoms with Crippen LogP contribution >= 0.6 is 0 Å². The van der Waals surface area contributed by atoms with Crippen LogP contribution in [0, 0.1) is 5.92 Å². The van der Waals surface area contributed by atoms with Crippen LogP contribution in [-0.2, 0) is 9.63 Å². The van der Waals surface area contributed by atoms with E-state index in [2.05, 4.69) is 15.1 Å². The minimum atomic E-state index is -0.695. The second-order valence-corrected chi connectivity index (χ2v) is 4.89. The van der Waals surface area contributed by atoms with Gasteiger partial charge in [-0.2, -0.15) is 0 Å². The highest BCUT2D eigenvalue weighted by Crippen LogP contribution is 2.19. The molecule has 6 nitrogen and oxygen atoms in total. The van der Waals surface area contributed by atoms with Gasteiger partial charge < -0.3 is 4.84 Å². The zero-order valence-electron chi connectivity index (χ0n) is 12.0. The molecule has 2 rings (SSSR count). The number of carbonyl (C=O) groups is 2. The molecule has 0 N–H and O–H groups in total. The molecule has 1 aromatic rings. The third kappa shape index (κ3) is 3.47. The van der Waals surface area contributed by atoms with E-state index in [1.54, 1.807) is 13.0 Å². The van der Waals surface area contributed by atoms with Gasteiger partial charge in [0.1, 0.15) is 5.71 Å². The smallest absolute Gasteiger partial charge is 0.310 e. The fourth-order valence-electron chi connectivity index (χ4n) is 1.78. The van der Waals surface area contributed by atoms with Crippen LogP contribution in [0.4, 0.5) is 0 Å². The molecule has 0 aliphatic heterocycles. The van der Waals surface area contributed by atoms with Crippen LogP contribution in [-0.4, -0.2) is 27.4 Å². The summed E-state index contributed by atoms with van der Waals surface area (Å²) >= 11 is 0. The first-order chi connectivity index (χ1) is 9.99. The van der Waals surface area contributed by atoms with Crippen LogP contribution in [0.5, 0.6) is 0 Å². The van der Waals surface area contributed by atoms with Gasteiger partial charge in [-0.05, 0) is 30.6 Å². The Morgan fingerprint density at radius 3 is 2.67 bits per heavy atom. The number of hydrogen-bond donors (Lipinski definition) is 0. The first kappa shape index (κ1) is 14.8. The first-order valence-corrected chi connectivity index (χ1v) is 6.49. The Labute approximate surface area is 122 Å². The van der Waals surface area contributed by atoms with E-state index in [1.165, 1.54) is 24.7 Å². The minimum Gasteiger partial charge on any atom is -0.310 e. The van der Waals surface area contributed by atoms with Gasteiger partial charge in [0, 0.05) is 18.0 Å². The van der Waals surface area contributed by atoms with E-state index >= 15 is 0 Å². The molecule has 6 heteroatoms. The quantitative estimate of drug-likeness (QED) is 0.482. The second-order valence-electron chi connectivity index (χ2n) is 4.89. The predicted molar refractivity (Wildman–Crippen MR) is 76.6 cm³/mol. The molecule has 0 saturated carbocycles. The molecule has 0 spiro atoms. The van der Waals surface area contributed by atoms with Gasteiger partial charge in [0.05, 0.1) is 6.20 Å². The van der Waals surface area contributed by atoms with E-state index in [-0.39, 0.29) is 17.4 Å². The summed E-state index contributed by atoms with van der Waals surface area (Å²) in [4.78, 5) is 36.0. The van der Waals surface area contributed by atoms with E-state index in [4.69, 9.17) is 4.84 Å². The molecule has 1 aromatic heterocycles. The Kier molecular flexibility index (Phi) is 4.37. The molecule has 0 atom stereocenters. The van der Waals surface area contributed by atoms with Gasteiger partial charge >= 0.3 is 5.97 Å². The van der Waals surface area contributed by atoms with Crippen LogP contribution < -0.4 is 0 Å². The van der Waals surface area contributed by atoms with Crippen molar-refractivity contribution in [1.29, 1.82) is 0 Å². The lowest BCUT2D eigenvalue weighted by Gasteiger charge is -2.14. The van der Waals surface area contributed by atoms with Crippen molar-refractivity contribution < 1.29 is 14.4 Å². The van der Waals surface area contributed by atoms with Crippen molar-refractivity contribution in [2.45, 2.75) is 20.8 Å². The Balaban J connectivity index is 2.19. The third-order valence-corrected chi connectivity index (χ3v) is 2.95. The van der Waals surface area contributed by atoms with E-state index in [0.29, 0.717) is 16.9 Å². The van der Waals surface area contributed by atoms with Crippen molar-refractivity contribution >= 4 is 17.5 Å². The van der Waals surface area contributed by atoms with Gasteiger partial charge in [0.25, 0.3) is 0 Å². The van der Waals surface area contributed by atoms with Gasteiger partial charge in [0.15, 0.2) is 11.5 Å². The number of rotatable bonds is 3. The fraction of sp³-hybridized carbons (Fsp3) is 0.267. The molecule has 0 saturated heterocycles. The average Bonchev–Trinajstić information content (AvgIpc) is 2.46. The van der Waals surface area contributed by atoms with E-state index in [1.807, 2.05) is 13.8 Å². The van der Waals surface area contributed by atoms with Crippen molar-refractivity contribution in [3.05, 3.63) is 47.6 Å². The van der Waals surface area contributed by atoms with Crippen LogP contribution in [0.1, 0.15) is 31.3 Å². The third-order valence-electron chi connectivity index (χ3n) is 2.95. The molecule has 0 aromatic carbocycles. The van der Waals surface area contributed by atoms with Crippen molar-refractivity contribution in [3.63, 3.8) is 0 Å². The normalized spacial score (nSPS) is 16.8. The summed E-state index contributed by atoms with van der Waals surface area (Å²) in [5.41, 5.74) is 1.81. The predicted octanol–water partition coefficient (Wildman–Crippen LogP) is 2.10. The zero-order valence-corrected chi connectivity index (χ0v) is 12.0. The average molecular weight is 285 g/mol. The summed E-state index contributed by atoms with van der Waals surface area (Å²) in [5.74, 6) is -0.663. The molecule has 1 heterocycles. The molecule has 0 unspecified atom stereocenters. The highest BCUT2D eigenvalue weighted by molar-refractivity contribution is 6.21. The first-order valence-electron chi connectivity index (χ1n) is 6.49. The monoisotopic (exact) mass is 285 g/mol. The lowest BCUT2D eigenvalue weighted by molar-refractivity contribution is -0.111. The summed E-state index contributed by atoms with van der Waals surface area (Å²) in [6.07, 6.45) is 7.28.